The monoisotopic (exact) mass is 966 g/mol. The zero-order chi connectivity index (χ0) is 51.6. The van der Waals surface area contributed by atoms with E-state index in [0.29, 0.717) is 19.3 Å². The Labute approximate surface area is 386 Å². The Morgan fingerprint density at radius 2 is 1.19 bits per heavy atom. The number of nitrogens with zero attached hydrogens (tertiary/aromatic N) is 13. The van der Waals surface area contributed by atoms with Gasteiger partial charge in [0.25, 0.3) is 5.56 Å². The highest BCUT2D eigenvalue weighted by Gasteiger charge is 2.33. The van der Waals surface area contributed by atoms with Crippen molar-refractivity contribution in [3.8, 4) is 0 Å². The van der Waals surface area contributed by atoms with Crippen LogP contribution in [0.5, 0.6) is 0 Å². The average Bonchev–Trinajstić information content (AvgIpc) is 4.08. The number of aromatic amines is 3. The Kier molecular flexibility index (Phi) is 24.6. The third-order valence-electron chi connectivity index (χ3n) is 7.83. The summed E-state index contributed by atoms with van der Waals surface area (Å²) in [4.78, 5) is 41.6. The number of hydrogen-bond acceptors (Lipinski definition) is 12. The minimum atomic E-state index is -4.32. The van der Waals surface area contributed by atoms with Crippen LogP contribution >= 0.6 is 0 Å². The van der Waals surface area contributed by atoms with E-state index < -0.39 is 23.7 Å². The highest BCUT2D eigenvalue weighted by atomic mass is 19.4. The van der Waals surface area contributed by atoms with Crippen molar-refractivity contribution in [2.75, 3.05) is 7.05 Å². The molecule has 68 heavy (non-hydrogen) atoms. The molecule has 6 aromatic heterocycles. The number of hydrogen-bond donors (Lipinski definition) is 5. The lowest BCUT2D eigenvalue weighted by atomic mass is 10.3. The van der Waals surface area contributed by atoms with E-state index >= 15 is 0 Å². The van der Waals surface area contributed by atoms with Gasteiger partial charge in [0.2, 0.25) is 17.7 Å². The van der Waals surface area contributed by atoms with Crippen molar-refractivity contribution in [1.29, 1.82) is 0 Å². The quantitative estimate of drug-likeness (QED) is 0.131. The van der Waals surface area contributed by atoms with Gasteiger partial charge in [-0.3, -0.25) is 48.1 Å². The second-order valence-corrected chi connectivity index (χ2v) is 14.2. The van der Waals surface area contributed by atoms with Crippen molar-refractivity contribution in [3.05, 3.63) is 112 Å². The average molecular weight is 967 g/mol. The molecular formula is C40H56F6N18O4. The number of carbonyl (C=O) groups is 3. The van der Waals surface area contributed by atoms with Crippen LogP contribution in [0, 0.1) is 20.8 Å². The first-order valence-electron chi connectivity index (χ1n) is 19.8. The third-order valence-corrected chi connectivity index (χ3v) is 7.83. The molecule has 0 saturated heterocycles. The molecule has 3 aliphatic heterocycles. The summed E-state index contributed by atoms with van der Waals surface area (Å²) in [7, 11) is 8.61. The van der Waals surface area contributed by atoms with Gasteiger partial charge in [0.1, 0.15) is 5.69 Å². The van der Waals surface area contributed by atoms with Crippen LogP contribution < -0.4 is 16.4 Å². The van der Waals surface area contributed by atoms with Gasteiger partial charge in [-0.15, -0.1) is 0 Å². The molecule has 3 aliphatic rings. The lowest BCUT2D eigenvalue weighted by Gasteiger charge is -1.99. The van der Waals surface area contributed by atoms with Gasteiger partial charge < -0.3 is 5.10 Å². The van der Waals surface area contributed by atoms with Crippen LogP contribution in [0.4, 0.5) is 26.3 Å². The minimum absolute atomic E-state index is 0.00231. The van der Waals surface area contributed by atoms with Crippen LogP contribution in [-0.4, -0.2) is 106 Å². The highest BCUT2D eigenvalue weighted by Crippen LogP contribution is 2.27. The second kappa shape index (κ2) is 28.9. The lowest BCUT2D eigenvalue weighted by Crippen LogP contribution is -2.13. The summed E-state index contributed by atoms with van der Waals surface area (Å²) in [5.74, 6) is 0.0810. The van der Waals surface area contributed by atoms with Crippen LogP contribution in [0.15, 0.2) is 93.7 Å². The molecule has 0 saturated carbocycles. The summed E-state index contributed by atoms with van der Waals surface area (Å²) in [5.41, 5.74) is 8.82. The lowest BCUT2D eigenvalue weighted by molar-refractivity contribution is -0.142. The molecular weight excluding hydrogens is 911 g/mol. The smallest absolute Gasteiger partial charge is 0.300 e. The van der Waals surface area contributed by atoms with Gasteiger partial charge in [-0.05, 0) is 71.9 Å². The van der Waals surface area contributed by atoms with Crippen molar-refractivity contribution >= 4 is 34.9 Å². The van der Waals surface area contributed by atoms with Gasteiger partial charge in [-0.25, -0.2) is 15.9 Å². The highest BCUT2D eigenvalue weighted by molar-refractivity contribution is 6.04. The van der Waals surface area contributed by atoms with Gasteiger partial charge in [-0.1, -0.05) is 0 Å². The van der Waals surface area contributed by atoms with Crippen molar-refractivity contribution in [1.82, 2.24) is 75.4 Å². The topological polar surface area (TPSA) is 264 Å². The zero-order valence-electron chi connectivity index (χ0n) is 39.3. The normalized spacial score (nSPS) is 13.2. The molecule has 9 heterocycles. The van der Waals surface area contributed by atoms with Crippen molar-refractivity contribution < 1.29 is 40.7 Å². The fraction of sp³-hybridized carbons (Fsp3) is 0.400. The van der Waals surface area contributed by atoms with Gasteiger partial charge >= 0.3 is 12.4 Å². The molecule has 3 amide bonds. The molecule has 372 valence electrons. The third kappa shape index (κ3) is 25.5. The van der Waals surface area contributed by atoms with E-state index in [0.717, 1.165) is 51.5 Å². The first kappa shape index (κ1) is 58.1. The van der Waals surface area contributed by atoms with Crippen LogP contribution in [-0.2, 0) is 54.9 Å². The summed E-state index contributed by atoms with van der Waals surface area (Å²) in [6, 6.07) is 9.14. The largest absolute Gasteiger partial charge is 0.435 e. The molecule has 0 aromatic carbocycles. The number of aryl methyl sites for hydroxylation is 7. The number of aromatic nitrogens is 12. The standard InChI is InChI=1S/C5H5F3N2.2C5H8N2O.C5H8N2.C4H3F3N2.2C4H6N2O.2C4H6N2/c1-10-3-2-4(9-10)5(6,7)8;2*1-4-3-5(8)7(2)6-4;1-5-3-4-6-7(5)2;5-4(6,7)3-1-2-8-9-3;2*1-3-2-4(7)6-5-3;1-6-4-2-3-5-6;1-4-2-3-5-6-4/h2-3H,1H3;3H2,1-2H3;3,6H,1-2H3;3-4H,1-2H3;1-2H,(H,8,9);2*2H2,1H3,(H,6,7);2-4H,1H3;2-3H,1H3,(H,5,6). The van der Waals surface area contributed by atoms with Gasteiger partial charge in [0.15, 0.2) is 5.69 Å². The molecule has 9 rings (SSSR count). The predicted molar refractivity (Wildman–Crippen MR) is 239 cm³/mol. The van der Waals surface area contributed by atoms with Crippen LogP contribution in [0.1, 0.15) is 68.5 Å². The van der Waals surface area contributed by atoms with Gasteiger partial charge in [0, 0.05) is 113 Å². The first-order valence-corrected chi connectivity index (χ1v) is 19.8. The van der Waals surface area contributed by atoms with Crippen LogP contribution in [0.3, 0.4) is 0 Å². The minimum Gasteiger partial charge on any atom is -0.300 e. The van der Waals surface area contributed by atoms with E-state index in [2.05, 4.69) is 61.8 Å². The Bertz CT molecular complexity index is 2450. The molecule has 0 aliphatic carbocycles. The zero-order valence-corrected chi connectivity index (χ0v) is 39.3. The van der Waals surface area contributed by atoms with Crippen molar-refractivity contribution in [2.45, 2.75) is 73.2 Å². The van der Waals surface area contributed by atoms with Crippen molar-refractivity contribution in [2.24, 2.45) is 43.5 Å². The number of rotatable bonds is 0. The van der Waals surface area contributed by atoms with E-state index in [-0.39, 0.29) is 23.3 Å². The molecule has 0 atom stereocenters. The molecule has 0 bridgehead atoms. The van der Waals surface area contributed by atoms with Gasteiger partial charge in [0.05, 0.1) is 19.3 Å². The molecule has 0 fully saturated rings. The second-order valence-electron chi connectivity index (χ2n) is 14.2. The molecule has 28 heteroatoms. The Hall–Kier alpha value is -7.94. The summed E-state index contributed by atoms with van der Waals surface area (Å²) in [5, 5.41) is 37.7. The van der Waals surface area contributed by atoms with Crippen molar-refractivity contribution in [3.63, 3.8) is 0 Å². The molecule has 0 radical (unpaired) electrons. The Morgan fingerprint density at radius 1 is 0.603 bits per heavy atom. The number of amides is 3. The van der Waals surface area contributed by atoms with E-state index in [1.165, 1.54) is 28.6 Å². The molecule has 6 aromatic rings. The number of hydrazone groups is 3. The summed E-state index contributed by atoms with van der Waals surface area (Å²) in [6.45, 7) is 11.3. The number of carbonyl (C=O) groups excluding carboxylic acids is 3. The van der Waals surface area contributed by atoms with Crippen LogP contribution in [0.2, 0.25) is 0 Å². The number of halogens is 6. The van der Waals surface area contributed by atoms with E-state index in [1.54, 1.807) is 48.5 Å². The van der Waals surface area contributed by atoms with E-state index in [4.69, 9.17) is 0 Å². The van der Waals surface area contributed by atoms with E-state index in [9.17, 15) is 45.5 Å². The molecule has 5 N–H and O–H groups in total. The maximum atomic E-state index is 11.7. The summed E-state index contributed by atoms with van der Waals surface area (Å²) >= 11 is 0. The predicted octanol–water partition coefficient (Wildman–Crippen LogP) is 4.74. The fourth-order valence-electron chi connectivity index (χ4n) is 4.34. The molecule has 0 spiro atoms. The first-order chi connectivity index (χ1) is 31.7. The summed E-state index contributed by atoms with van der Waals surface area (Å²) < 4.78 is 76.0. The molecule has 0 unspecified atom stereocenters. The molecule has 22 nitrogen and oxygen atoms in total. The Morgan fingerprint density at radius 3 is 1.34 bits per heavy atom. The SMILES string of the molecule is CC1=NN(C)C(=O)C1.CC1=NNC(=O)C1.CC1=NNC(=O)C1.Cc1cc(=O)n(C)[nH]1.Cc1ccn[nH]1.Cc1ccnn1C.Cn1ccc(C(F)(F)F)n1.Cn1cccn1.FC(F)(F)c1ccn[nH]1. The number of alkyl halides is 6. The fourth-order valence-corrected chi connectivity index (χ4v) is 4.34. The van der Waals surface area contributed by atoms with Gasteiger partial charge in [-0.2, -0.15) is 67.1 Å². The maximum absolute atomic E-state index is 11.7. The summed E-state index contributed by atoms with van der Waals surface area (Å²) in [6.07, 6.45) is 2.30. The van der Waals surface area contributed by atoms with Crippen LogP contribution in [0.25, 0.3) is 0 Å². The van der Waals surface area contributed by atoms with E-state index in [1.807, 2.05) is 84.7 Å². The maximum Gasteiger partial charge on any atom is 0.435 e. The Balaban J connectivity index is 0.000000384. The number of nitrogens with one attached hydrogen (secondary N) is 5. The number of H-pyrrole nitrogens is 3.